The predicted molar refractivity (Wildman–Crippen MR) is 47.9 cm³/mol. The van der Waals surface area contributed by atoms with Crippen LogP contribution in [0.1, 0.15) is 6.92 Å². The Morgan fingerprint density at radius 3 is 2.46 bits per heavy atom. The van der Waals surface area contributed by atoms with Crippen LogP contribution in [0, 0.1) is 0 Å². The zero-order valence-corrected chi connectivity index (χ0v) is 10.4. The first kappa shape index (κ1) is 15.6. The molecule has 0 amide bonds. The van der Waals surface area contributed by atoms with E-state index in [9.17, 15) is 13.2 Å². The van der Waals surface area contributed by atoms with Crippen LogP contribution in [-0.4, -0.2) is 60.4 Å². The van der Waals surface area contributed by atoms with E-state index < -0.39 is 27.9 Å². The van der Waals surface area contributed by atoms with Gasteiger partial charge in [-0.05, 0) is 6.92 Å². The number of carbonyl (C=O) groups is 1. The number of ether oxygens (including phenoxy) is 1. The minimum atomic E-state index is -4.09. The molecule has 0 fully saturated rings. The molecule has 1 atom stereocenters. The van der Waals surface area contributed by atoms with Crippen LogP contribution in [0.4, 0.5) is 0 Å². The van der Waals surface area contributed by atoms with E-state index in [-0.39, 0.29) is 29.6 Å². The monoisotopic (exact) mass is 217 g/mol. The van der Waals surface area contributed by atoms with Crippen LogP contribution in [0.15, 0.2) is 12.7 Å². The number of rotatable bonds is 4. The standard InChI is InChI=1S/C6H10O5S.Na/c1-3-6(7)11-5(2)4-12(8,9)10;/h3,5H,1,4H2,2H3,(H,8,9,10);. The topological polar surface area (TPSA) is 80.7 Å². The SMILES string of the molecule is C=CC(=O)OC(C)CS(=O)(=O)O.[Na]. The normalized spacial score (nSPS) is 12.5. The molecule has 1 unspecified atom stereocenters. The van der Waals surface area contributed by atoms with Crippen molar-refractivity contribution >= 4 is 45.6 Å². The maximum atomic E-state index is 10.5. The molecule has 0 bridgehead atoms. The van der Waals surface area contributed by atoms with Gasteiger partial charge in [-0.1, -0.05) is 6.58 Å². The zero-order chi connectivity index (χ0) is 9.78. The second-order valence-corrected chi connectivity index (χ2v) is 3.70. The summed E-state index contributed by atoms with van der Waals surface area (Å²) in [6.07, 6.45) is 0.0472. The van der Waals surface area contributed by atoms with E-state index in [2.05, 4.69) is 11.3 Å². The second-order valence-electron chi connectivity index (χ2n) is 2.20. The van der Waals surface area contributed by atoms with E-state index in [0.29, 0.717) is 0 Å². The molecule has 1 N–H and O–H groups in total. The molecule has 0 aliphatic heterocycles. The molecule has 0 heterocycles. The fourth-order valence-electron chi connectivity index (χ4n) is 0.577. The smallest absolute Gasteiger partial charge is 0.330 e. The fourth-order valence-corrected chi connectivity index (χ4v) is 1.24. The molecule has 13 heavy (non-hydrogen) atoms. The molecule has 0 spiro atoms. The predicted octanol–water partition coefficient (Wildman–Crippen LogP) is -0.389. The first-order valence-corrected chi connectivity index (χ1v) is 4.74. The summed E-state index contributed by atoms with van der Waals surface area (Å²) in [6.45, 7) is 4.48. The van der Waals surface area contributed by atoms with Crippen molar-refractivity contribution in [2.75, 3.05) is 5.75 Å². The Bertz CT molecular complexity index is 271. The van der Waals surface area contributed by atoms with Gasteiger partial charge < -0.3 is 4.74 Å². The molecule has 0 aromatic rings. The van der Waals surface area contributed by atoms with Crippen LogP contribution in [0.5, 0.6) is 0 Å². The van der Waals surface area contributed by atoms with E-state index in [1.165, 1.54) is 6.92 Å². The van der Waals surface area contributed by atoms with Crippen LogP contribution in [-0.2, 0) is 19.6 Å². The maximum absolute atomic E-state index is 10.5. The first-order chi connectivity index (χ1) is 5.35. The average molecular weight is 217 g/mol. The molecular weight excluding hydrogens is 207 g/mol. The van der Waals surface area contributed by atoms with E-state index in [1.54, 1.807) is 0 Å². The third kappa shape index (κ3) is 10.0. The van der Waals surface area contributed by atoms with E-state index in [4.69, 9.17) is 4.55 Å². The summed E-state index contributed by atoms with van der Waals surface area (Å²) < 4.78 is 33.3. The van der Waals surface area contributed by atoms with Gasteiger partial charge in [-0.15, -0.1) is 0 Å². The molecule has 7 heteroatoms. The van der Waals surface area contributed by atoms with E-state index in [0.717, 1.165) is 6.08 Å². The molecule has 71 valence electrons. The van der Waals surface area contributed by atoms with Gasteiger partial charge in [0.1, 0.15) is 11.9 Å². The molecule has 0 saturated heterocycles. The van der Waals surface area contributed by atoms with Gasteiger partial charge in [-0.2, -0.15) is 8.42 Å². The third-order valence-electron chi connectivity index (χ3n) is 0.929. The molecule has 0 aliphatic carbocycles. The van der Waals surface area contributed by atoms with Gasteiger partial charge in [0.25, 0.3) is 10.1 Å². The summed E-state index contributed by atoms with van der Waals surface area (Å²) in [5.41, 5.74) is 0. The van der Waals surface area contributed by atoms with Crippen molar-refractivity contribution < 1.29 is 22.5 Å². The fraction of sp³-hybridized carbons (Fsp3) is 0.500. The third-order valence-corrected chi connectivity index (χ3v) is 1.82. The van der Waals surface area contributed by atoms with Gasteiger partial charge in [0.05, 0.1) is 0 Å². The van der Waals surface area contributed by atoms with Crippen LogP contribution < -0.4 is 0 Å². The van der Waals surface area contributed by atoms with E-state index >= 15 is 0 Å². The summed E-state index contributed by atoms with van der Waals surface area (Å²) in [4.78, 5) is 10.5. The van der Waals surface area contributed by atoms with Crippen LogP contribution in [0.3, 0.4) is 0 Å². The second kappa shape index (κ2) is 6.56. The quantitative estimate of drug-likeness (QED) is 0.300. The minimum absolute atomic E-state index is 0. The number of hydrogen-bond donors (Lipinski definition) is 1. The number of hydrogen-bond acceptors (Lipinski definition) is 4. The van der Waals surface area contributed by atoms with Gasteiger partial charge in [-0.25, -0.2) is 4.79 Å². The summed E-state index contributed by atoms with van der Waals surface area (Å²) >= 11 is 0. The van der Waals surface area contributed by atoms with E-state index in [1.807, 2.05) is 0 Å². The van der Waals surface area contributed by atoms with Gasteiger partial charge in [0.2, 0.25) is 0 Å². The van der Waals surface area contributed by atoms with Crippen molar-refractivity contribution in [2.45, 2.75) is 13.0 Å². The Labute approximate surface area is 99.2 Å². The molecular formula is C6H10NaO5S. The Morgan fingerprint density at radius 1 is 1.69 bits per heavy atom. The number of esters is 1. The van der Waals surface area contributed by atoms with Crippen molar-refractivity contribution in [1.82, 2.24) is 0 Å². The summed E-state index contributed by atoms with van der Waals surface area (Å²) in [5.74, 6) is -1.32. The van der Waals surface area contributed by atoms with Gasteiger partial charge in [0, 0.05) is 35.6 Å². The van der Waals surface area contributed by atoms with Crippen molar-refractivity contribution in [1.29, 1.82) is 0 Å². The van der Waals surface area contributed by atoms with Gasteiger partial charge in [0.15, 0.2) is 0 Å². The average Bonchev–Trinajstić information content (AvgIpc) is 1.82. The molecule has 0 saturated carbocycles. The molecule has 0 aliphatic rings. The summed E-state index contributed by atoms with van der Waals surface area (Å²) in [6, 6.07) is 0. The van der Waals surface area contributed by atoms with Crippen molar-refractivity contribution in [3.8, 4) is 0 Å². The van der Waals surface area contributed by atoms with Gasteiger partial charge in [-0.3, -0.25) is 4.55 Å². The minimum Gasteiger partial charge on any atom is -0.458 e. The Balaban J connectivity index is 0. The summed E-state index contributed by atoms with van der Waals surface area (Å²) in [7, 11) is -4.09. The summed E-state index contributed by atoms with van der Waals surface area (Å²) in [5, 5.41) is 0. The molecule has 0 aromatic carbocycles. The maximum Gasteiger partial charge on any atom is 0.330 e. The molecule has 0 rings (SSSR count). The Morgan fingerprint density at radius 2 is 2.15 bits per heavy atom. The first-order valence-electron chi connectivity index (χ1n) is 3.13. The largest absolute Gasteiger partial charge is 0.458 e. The molecule has 0 aromatic heterocycles. The number of carbonyl (C=O) groups excluding carboxylic acids is 1. The molecule has 5 nitrogen and oxygen atoms in total. The van der Waals surface area contributed by atoms with Crippen LogP contribution in [0.2, 0.25) is 0 Å². The Hall–Kier alpha value is 0.120. The van der Waals surface area contributed by atoms with Gasteiger partial charge >= 0.3 is 5.97 Å². The zero-order valence-electron chi connectivity index (χ0n) is 7.56. The molecule has 1 radical (unpaired) electrons. The van der Waals surface area contributed by atoms with Crippen molar-refractivity contribution in [3.63, 3.8) is 0 Å². The van der Waals surface area contributed by atoms with Crippen molar-refractivity contribution in [3.05, 3.63) is 12.7 Å². The van der Waals surface area contributed by atoms with Crippen LogP contribution >= 0.6 is 0 Å². The van der Waals surface area contributed by atoms with Crippen molar-refractivity contribution in [2.24, 2.45) is 0 Å². The Kier molecular flexibility index (Phi) is 7.86. The van der Waals surface area contributed by atoms with Crippen LogP contribution in [0.25, 0.3) is 0 Å².